The number of halogens is 2. The van der Waals surface area contributed by atoms with Crippen molar-refractivity contribution in [3.8, 4) is 0 Å². The van der Waals surface area contributed by atoms with Crippen molar-refractivity contribution in [1.29, 1.82) is 0 Å². The summed E-state index contributed by atoms with van der Waals surface area (Å²) in [5, 5.41) is 13.3. The zero-order chi connectivity index (χ0) is 19.4. The summed E-state index contributed by atoms with van der Waals surface area (Å²) in [5.74, 6) is 0.462. The number of hydrogen-bond acceptors (Lipinski definition) is 5. The Labute approximate surface area is 163 Å². The molecule has 0 bridgehead atoms. The van der Waals surface area contributed by atoms with Gasteiger partial charge in [-0.1, -0.05) is 23.4 Å². The third-order valence-electron chi connectivity index (χ3n) is 3.87. The average Bonchev–Trinajstić information content (AvgIpc) is 2.97. The molecule has 8 nitrogen and oxygen atoms in total. The number of aromatic nitrogens is 5. The number of amides is 2. The zero-order valence-corrected chi connectivity index (χ0v) is 16.2. The fourth-order valence-electron chi connectivity index (χ4n) is 2.36. The standard InChI is InChI=1S/C17H17BrFN7O/c1-10(15-20-7-13(18)8-21-15)22-17(27)23-16-11(2)26(25-24-16)9-12-5-3-4-6-14(12)19/h3-8,10H,9H2,1-2H3,(H2,22,23,27). The zero-order valence-electron chi connectivity index (χ0n) is 14.6. The molecule has 1 aromatic carbocycles. The van der Waals surface area contributed by atoms with Crippen LogP contribution < -0.4 is 10.6 Å². The number of nitrogens with zero attached hydrogens (tertiary/aromatic N) is 5. The molecule has 2 heterocycles. The molecule has 1 atom stereocenters. The Balaban J connectivity index is 1.64. The molecule has 0 spiro atoms. The van der Waals surface area contributed by atoms with Gasteiger partial charge in [0.2, 0.25) is 0 Å². The Morgan fingerprint density at radius 2 is 2.00 bits per heavy atom. The van der Waals surface area contributed by atoms with Gasteiger partial charge in [-0.3, -0.25) is 5.32 Å². The van der Waals surface area contributed by atoms with Crippen molar-refractivity contribution in [3.05, 3.63) is 64.0 Å². The second kappa shape index (κ2) is 8.21. The molecule has 2 aromatic heterocycles. The topological polar surface area (TPSA) is 97.6 Å². The molecule has 0 radical (unpaired) electrons. The smallest absolute Gasteiger partial charge is 0.321 e. The average molecular weight is 434 g/mol. The quantitative estimate of drug-likeness (QED) is 0.643. The molecule has 0 saturated carbocycles. The predicted octanol–water partition coefficient (Wildman–Crippen LogP) is 3.21. The van der Waals surface area contributed by atoms with E-state index in [4.69, 9.17) is 0 Å². The van der Waals surface area contributed by atoms with E-state index in [9.17, 15) is 9.18 Å². The van der Waals surface area contributed by atoms with Crippen molar-refractivity contribution in [2.24, 2.45) is 0 Å². The number of hydrogen-bond donors (Lipinski definition) is 2. The molecule has 2 amide bonds. The minimum absolute atomic E-state index is 0.220. The van der Waals surface area contributed by atoms with E-state index in [0.29, 0.717) is 22.9 Å². The van der Waals surface area contributed by atoms with Gasteiger partial charge in [0.05, 0.1) is 22.8 Å². The molecule has 0 saturated heterocycles. The second-order valence-corrected chi connectivity index (χ2v) is 6.77. The Morgan fingerprint density at radius 3 is 2.70 bits per heavy atom. The first-order valence-corrected chi connectivity index (χ1v) is 8.92. The maximum Gasteiger partial charge on any atom is 0.321 e. The van der Waals surface area contributed by atoms with E-state index in [1.165, 1.54) is 10.7 Å². The lowest BCUT2D eigenvalue weighted by Gasteiger charge is -2.12. The fourth-order valence-corrected chi connectivity index (χ4v) is 2.57. The van der Waals surface area contributed by atoms with Crippen LogP contribution in [0, 0.1) is 12.7 Å². The summed E-state index contributed by atoms with van der Waals surface area (Å²) in [5.41, 5.74) is 1.10. The maximum atomic E-state index is 13.8. The molecule has 140 valence electrons. The highest BCUT2D eigenvalue weighted by Gasteiger charge is 2.16. The van der Waals surface area contributed by atoms with Crippen LogP contribution in [0.25, 0.3) is 0 Å². The summed E-state index contributed by atoms with van der Waals surface area (Å²) in [6.45, 7) is 3.74. The van der Waals surface area contributed by atoms with Crippen molar-refractivity contribution in [2.45, 2.75) is 26.4 Å². The minimum atomic E-state index is -0.463. The molecule has 1 unspecified atom stereocenters. The van der Waals surface area contributed by atoms with Crippen LogP contribution in [-0.4, -0.2) is 31.0 Å². The fraction of sp³-hybridized carbons (Fsp3) is 0.235. The van der Waals surface area contributed by atoms with E-state index in [1.54, 1.807) is 44.4 Å². The summed E-state index contributed by atoms with van der Waals surface area (Å²) < 4.78 is 16.1. The first kappa shape index (κ1) is 18.9. The Morgan fingerprint density at radius 1 is 1.30 bits per heavy atom. The lowest BCUT2D eigenvalue weighted by Crippen LogP contribution is -2.32. The third kappa shape index (κ3) is 4.64. The molecule has 3 aromatic rings. The van der Waals surface area contributed by atoms with Gasteiger partial charge in [0.25, 0.3) is 0 Å². The van der Waals surface area contributed by atoms with Crippen molar-refractivity contribution in [3.63, 3.8) is 0 Å². The van der Waals surface area contributed by atoms with Gasteiger partial charge in [-0.25, -0.2) is 23.8 Å². The van der Waals surface area contributed by atoms with Crippen LogP contribution in [0.1, 0.15) is 30.0 Å². The van der Waals surface area contributed by atoms with E-state index in [1.807, 2.05) is 0 Å². The summed E-state index contributed by atoms with van der Waals surface area (Å²) >= 11 is 3.26. The molecule has 27 heavy (non-hydrogen) atoms. The molecule has 2 N–H and O–H groups in total. The van der Waals surface area contributed by atoms with E-state index >= 15 is 0 Å². The van der Waals surface area contributed by atoms with Gasteiger partial charge >= 0.3 is 6.03 Å². The van der Waals surface area contributed by atoms with Gasteiger partial charge in [-0.2, -0.15) is 0 Å². The van der Waals surface area contributed by atoms with E-state index in [-0.39, 0.29) is 12.4 Å². The Kier molecular flexibility index (Phi) is 5.75. The van der Waals surface area contributed by atoms with Crippen LogP contribution in [0.5, 0.6) is 0 Å². The molecule has 3 rings (SSSR count). The Bertz CT molecular complexity index is 945. The van der Waals surface area contributed by atoms with E-state index in [2.05, 4.69) is 46.8 Å². The van der Waals surface area contributed by atoms with Gasteiger partial charge in [0, 0.05) is 18.0 Å². The van der Waals surface area contributed by atoms with Crippen LogP contribution >= 0.6 is 15.9 Å². The number of carbonyl (C=O) groups is 1. The summed E-state index contributed by atoms with van der Waals surface area (Å²) in [6.07, 6.45) is 3.22. The number of carbonyl (C=O) groups excluding carboxylic acids is 1. The number of urea groups is 1. The van der Waals surface area contributed by atoms with Gasteiger partial charge in [-0.15, -0.1) is 5.10 Å². The second-order valence-electron chi connectivity index (χ2n) is 5.85. The van der Waals surface area contributed by atoms with Crippen LogP contribution in [-0.2, 0) is 6.54 Å². The monoisotopic (exact) mass is 433 g/mol. The van der Waals surface area contributed by atoms with E-state index < -0.39 is 12.1 Å². The van der Waals surface area contributed by atoms with Gasteiger partial charge in [0.15, 0.2) is 5.82 Å². The SMILES string of the molecule is Cc1c(NC(=O)NC(C)c2ncc(Br)cn2)nnn1Cc1ccccc1F. The van der Waals surface area contributed by atoms with E-state index in [0.717, 1.165) is 4.47 Å². The molecular formula is C17H17BrFN7O. The Hall–Kier alpha value is -2.88. The van der Waals surface area contributed by atoms with Gasteiger partial charge < -0.3 is 5.32 Å². The largest absolute Gasteiger partial charge is 0.328 e. The van der Waals surface area contributed by atoms with Crippen molar-refractivity contribution >= 4 is 27.8 Å². The number of benzene rings is 1. The highest BCUT2D eigenvalue weighted by molar-refractivity contribution is 9.10. The third-order valence-corrected chi connectivity index (χ3v) is 4.28. The number of nitrogens with one attached hydrogen (secondary N) is 2. The first-order valence-electron chi connectivity index (χ1n) is 8.12. The molecule has 0 aliphatic carbocycles. The maximum absolute atomic E-state index is 13.8. The van der Waals surface area contributed by atoms with Crippen molar-refractivity contribution < 1.29 is 9.18 Å². The molecule has 0 aliphatic heterocycles. The lowest BCUT2D eigenvalue weighted by atomic mass is 10.2. The highest BCUT2D eigenvalue weighted by atomic mass is 79.9. The summed E-state index contributed by atoms with van der Waals surface area (Å²) in [7, 11) is 0. The van der Waals surface area contributed by atoms with Crippen LogP contribution in [0.2, 0.25) is 0 Å². The predicted molar refractivity (Wildman–Crippen MR) is 101 cm³/mol. The number of rotatable bonds is 5. The summed E-state index contributed by atoms with van der Waals surface area (Å²) in [6, 6.07) is 5.58. The van der Waals surface area contributed by atoms with Crippen LogP contribution in [0.15, 0.2) is 41.1 Å². The summed E-state index contributed by atoms with van der Waals surface area (Å²) in [4.78, 5) is 20.5. The van der Waals surface area contributed by atoms with Crippen LogP contribution in [0.4, 0.5) is 15.0 Å². The van der Waals surface area contributed by atoms with Crippen molar-refractivity contribution in [1.82, 2.24) is 30.3 Å². The van der Waals surface area contributed by atoms with Gasteiger partial charge in [0.1, 0.15) is 11.6 Å². The lowest BCUT2D eigenvalue weighted by molar-refractivity contribution is 0.249. The molecular weight excluding hydrogens is 417 g/mol. The minimum Gasteiger partial charge on any atom is -0.328 e. The first-order chi connectivity index (χ1) is 12.9. The normalized spacial score (nSPS) is 11.9. The number of anilines is 1. The molecule has 0 fully saturated rings. The van der Waals surface area contributed by atoms with Crippen molar-refractivity contribution in [2.75, 3.05) is 5.32 Å². The van der Waals surface area contributed by atoms with Gasteiger partial charge in [-0.05, 0) is 35.8 Å². The molecule has 0 aliphatic rings. The highest BCUT2D eigenvalue weighted by Crippen LogP contribution is 2.15. The van der Waals surface area contributed by atoms with Crippen LogP contribution in [0.3, 0.4) is 0 Å². The molecule has 10 heteroatoms.